The maximum atomic E-state index is 12.8. The molecule has 0 bridgehead atoms. The molecule has 0 spiro atoms. The fourth-order valence-corrected chi connectivity index (χ4v) is 4.25. The Balaban J connectivity index is 1.61. The molecule has 11 heteroatoms. The average molecular weight is 440 g/mol. The van der Waals surface area contributed by atoms with Crippen molar-refractivity contribution < 1.29 is 27.5 Å². The van der Waals surface area contributed by atoms with E-state index < -0.39 is 6.61 Å². The van der Waals surface area contributed by atoms with E-state index in [2.05, 4.69) is 15.0 Å². The quantitative estimate of drug-likeness (QED) is 0.607. The van der Waals surface area contributed by atoms with Crippen LogP contribution >= 0.6 is 7.92 Å². The van der Waals surface area contributed by atoms with Crippen molar-refractivity contribution >= 4 is 13.8 Å². The molecule has 1 aromatic carbocycles. The Morgan fingerprint density at radius 3 is 2.73 bits per heavy atom. The summed E-state index contributed by atoms with van der Waals surface area (Å²) >= 11 is 0. The molecule has 2 saturated heterocycles. The van der Waals surface area contributed by atoms with E-state index in [0.29, 0.717) is 38.1 Å². The maximum absolute atomic E-state index is 12.8. The number of halogens is 2. The van der Waals surface area contributed by atoms with E-state index in [1.54, 1.807) is 11.0 Å². The maximum Gasteiger partial charge on any atom is 0.387 e. The smallest absolute Gasteiger partial charge is 0.387 e. The summed E-state index contributed by atoms with van der Waals surface area (Å²) in [7, 11) is -0.167. The SMILES string of the molecule is NCc1oc(-c2ccc(OC(F)F)c(OCP3CC3)c2)nc1C(=O)N1CCNCC1. The first-order chi connectivity index (χ1) is 14.5. The molecule has 162 valence electrons. The van der Waals surface area contributed by atoms with Gasteiger partial charge in [-0.05, 0) is 30.5 Å². The predicted molar refractivity (Wildman–Crippen MR) is 107 cm³/mol. The predicted octanol–water partition coefficient (Wildman–Crippen LogP) is 2.28. The van der Waals surface area contributed by atoms with E-state index in [-0.39, 0.29) is 49.2 Å². The van der Waals surface area contributed by atoms with E-state index >= 15 is 0 Å². The number of oxazole rings is 1. The van der Waals surface area contributed by atoms with E-state index in [9.17, 15) is 13.6 Å². The third-order valence-electron chi connectivity index (χ3n) is 4.84. The summed E-state index contributed by atoms with van der Waals surface area (Å²) < 4.78 is 41.5. The number of carbonyl (C=O) groups excluding carboxylic acids is 1. The highest BCUT2D eigenvalue weighted by molar-refractivity contribution is 7.65. The first-order valence-corrected chi connectivity index (χ1v) is 11.6. The zero-order valence-electron chi connectivity index (χ0n) is 16.3. The van der Waals surface area contributed by atoms with Gasteiger partial charge in [0.15, 0.2) is 23.0 Å². The van der Waals surface area contributed by atoms with Gasteiger partial charge < -0.3 is 29.8 Å². The van der Waals surface area contributed by atoms with Crippen LogP contribution < -0.4 is 20.5 Å². The lowest BCUT2D eigenvalue weighted by molar-refractivity contribution is -0.0512. The molecule has 2 aliphatic heterocycles. The van der Waals surface area contributed by atoms with E-state index in [1.165, 1.54) is 12.1 Å². The van der Waals surface area contributed by atoms with Crippen molar-refractivity contribution in [2.24, 2.45) is 5.73 Å². The number of ether oxygens (including phenoxy) is 2. The van der Waals surface area contributed by atoms with Gasteiger partial charge in [-0.15, -0.1) is 0 Å². The second-order valence-corrected chi connectivity index (χ2v) is 9.46. The molecule has 3 N–H and O–H groups in total. The summed E-state index contributed by atoms with van der Waals surface area (Å²) in [5.74, 6) is 0.375. The molecule has 0 saturated carbocycles. The van der Waals surface area contributed by atoms with Crippen molar-refractivity contribution in [3.05, 3.63) is 29.7 Å². The summed E-state index contributed by atoms with van der Waals surface area (Å²) in [6, 6.07) is 4.47. The molecule has 1 amide bonds. The van der Waals surface area contributed by atoms with E-state index in [4.69, 9.17) is 14.9 Å². The van der Waals surface area contributed by atoms with Gasteiger partial charge in [0.2, 0.25) is 5.89 Å². The molecule has 0 unspecified atom stereocenters. The lowest BCUT2D eigenvalue weighted by Gasteiger charge is -2.26. The molecule has 0 atom stereocenters. The number of aromatic nitrogens is 1. The first kappa shape index (κ1) is 21.0. The summed E-state index contributed by atoms with van der Waals surface area (Å²) in [6.45, 7) is -0.372. The second kappa shape index (κ2) is 9.24. The van der Waals surface area contributed by atoms with Crippen LogP contribution in [0.3, 0.4) is 0 Å². The number of hydrogen-bond donors (Lipinski definition) is 2. The van der Waals surface area contributed by atoms with E-state index in [1.807, 2.05) is 0 Å². The minimum atomic E-state index is -2.96. The number of alkyl halides is 2. The third kappa shape index (κ3) is 4.88. The number of nitrogens with one attached hydrogen (secondary N) is 1. The minimum absolute atomic E-state index is 0.0143. The van der Waals surface area contributed by atoms with Gasteiger partial charge in [0.05, 0.1) is 6.54 Å². The average Bonchev–Trinajstić information content (AvgIpc) is 3.49. The molecule has 1 aromatic heterocycles. The Kier molecular flexibility index (Phi) is 6.46. The second-order valence-electron chi connectivity index (χ2n) is 6.97. The molecule has 4 rings (SSSR count). The molecule has 3 heterocycles. The van der Waals surface area contributed by atoms with Crippen LogP contribution in [0.4, 0.5) is 8.78 Å². The van der Waals surface area contributed by atoms with Crippen LogP contribution in [-0.4, -0.2) is 67.3 Å². The number of hydrogen-bond acceptors (Lipinski definition) is 7. The summed E-state index contributed by atoms with van der Waals surface area (Å²) in [5.41, 5.74) is 6.43. The third-order valence-corrected chi connectivity index (χ3v) is 6.41. The summed E-state index contributed by atoms with van der Waals surface area (Å²) in [6.07, 6.45) is 2.74. The topological polar surface area (TPSA) is 103 Å². The van der Waals surface area contributed by atoms with Crippen LogP contribution in [0.1, 0.15) is 16.2 Å². The monoisotopic (exact) mass is 440 g/mol. The Hall–Kier alpha value is -2.29. The Morgan fingerprint density at radius 2 is 2.07 bits per heavy atom. The highest BCUT2D eigenvalue weighted by Crippen LogP contribution is 2.50. The molecular formula is C19H23F2N4O4P. The molecule has 0 aliphatic carbocycles. The number of nitrogens with two attached hydrogens (primary N) is 1. The fraction of sp³-hybridized carbons (Fsp3) is 0.474. The number of carbonyl (C=O) groups is 1. The Labute approximate surface area is 173 Å². The van der Waals surface area contributed by atoms with Crippen molar-refractivity contribution in [3.8, 4) is 23.0 Å². The number of benzene rings is 1. The first-order valence-electron chi connectivity index (χ1n) is 9.69. The van der Waals surface area contributed by atoms with Crippen LogP contribution in [-0.2, 0) is 6.54 Å². The molecule has 2 fully saturated rings. The van der Waals surface area contributed by atoms with Gasteiger partial charge in [-0.3, -0.25) is 4.79 Å². The van der Waals surface area contributed by atoms with Gasteiger partial charge in [-0.25, -0.2) is 4.98 Å². The molecule has 0 radical (unpaired) electrons. The molecule has 30 heavy (non-hydrogen) atoms. The lowest BCUT2D eigenvalue weighted by Crippen LogP contribution is -2.46. The normalized spacial score (nSPS) is 16.7. The zero-order chi connectivity index (χ0) is 21.1. The molecule has 2 aliphatic rings. The molecule has 2 aromatic rings. The van der Waals surface area contributed by atoms with Crippen molar-refractivity contribution in [3.63, 3.8) is 0 Å². The Bertz CT molecular complexity index is 901. The van der Waals surface area contributed by atoms with Crippen LogP contribution in [0.2, 0.25) is 0 Å². The van der Waals surface area contributed by atoms with Gasteiger partial charge in [0.25, 0.3) is 5.91 Å². The highest BCUT2D eigenvalue weighted by atomic mass is 31.1. The number of nitrogens with zero attached hydrogens (tertiary/aromatic N) is 2. The lowest BCUT2D eigenvalue weighted by atomic mass is 10.2. The van der Waals surface area contributed by atoms with Gasteiger partial charge in [0.1, 0.15) is 6.35 Å². The van der Waals surface area contributed by atoms with Gasteiger partial charge in [-0.1, -0.05) is 7.92 Å². The summed E-state index contributed by atoms with van der Waals surface area (Å²) in [4.78, 5) is 18.9. The fourth-order valence-electron chi connectivity index (χ4n) is 3.11. The number of piperazine rings is 1. The highest BCUT2D eigenvalue weighted by Gasteiger charge is 2.27. The standard InChI is InChI=1S/C19H23F2N4O4P/c20-19(21)29-13-2-1-12(9-14(13)27-11-30-7-8-30)17-24-16(15(10-22)28-17)18(26)25-5-3-23-4-6-25/h1-2,9,19,23H,3-8,10-11,22H2. The van der Waals surface area contributed by atoms with Crippen molar-refractivity contribution in [2.45, 2.75) is 13.2 Å². The van der Waals surface area contributed by atoms with Crippen LogP contribution in [0.25, 0.3) is 11.5 Å². The van der Waals surface area contributed by atoms with Crippen molar-refractivity contribution in [2.75, 3.05) is 44.9 Å². The van der Waals surface area contributed by atoms with Crippen LogP contribution in [0, 0.1) is 0 Å². The molecule has 8 nitrogen and oxygen atoms in total. The zero-order valence-corrected chi connectivity index (χ0v) is 17.2. The largest absolute Gasteiger partial charge is 0.485 e. The minimum Gasteiger partial charge on any atom is -0.485 e. The number of rotatable bonds is 8. The van der Waals surface area contributed by atoms with Gasteiger partial charge in [0, 0.05) is 31.7 Å². The van der Waals surface area contributed by atoms with E-state index in [0.717, 1.165) is 12.3 Å². The summed E-state index contributed by atoms with van der Waals surface area (Å²) in [5, 5.41) is 3.19. The van der Waals surface area contributed by atoms with Gasteiger partial charge in [-0.2, -0.15) is 8.78 Å². The molecular weight excluding hydrogens is 417 g/mol. The number of amides is 1. The van der Waals surface area contributed by atoms with Gasteiger partial charge >= 0.3 is 6.61 Å². The van der Waals surface area contributed by atoms with Crippen LogP contribution in [0.5, 0.6) is 11.5 Å². The van der Waals surface area contributed by atoms with Crippen molar-refractivity contribution in [1.29, 1.82) is 0 Å². The Morgan fingerprint density at radius 1 is 1.30 bits per heavy atom. The van der Waals surface area contributed by atoms with Crippen LogP contribution in [0.15, 0.2) is 22.6 Å². The van der Waals surface area contributed by atoms with Crippen molar-refractivity contribution in [1.82, 2.24) is 15.2 Å².